The first kappa shape index (κ1) is 13.6. The molecule has 1 aromatic heterocycles. The van der Waals surface area contributed by atoms with Gasteiger partial charge in [0.05, 0.1) is 0 Å². The van der Waals surface area contributed by atoms with Gasteiger partial charge in [-0.15, -0.1) is 0 Å². The van der Waals surface area contributed by atoms with E-state index in [0.717, 1.165) is 10.9 Å². The molecule has 4 heteroatoms. The fraction of sp³-hybridized carbons (Fsp3) is 0.400. The molecule has 2 rings (SSSR count). The van der Waals surface area contributed by atoms with Crippen molar-refractivity contribution in [2.24, 2.45) is 0 Å². The molecule has 2 N–H and O–H groups in total. The number of nitrogens with one attached hydrogen (secondary N) is 2. The predicted molar refractivity (Wildman–Crippen MR) is 78.4 cm³/mol. The van der Waals surface area contributed by atoms with Gasteiger partial charge in [-0.25, -0.2) is 0 Å². The molecular weight excluding hydrogens is 238 g/mol. The van der Waals surface area contributed by atoms with Crippen LogP contribution in [0.1, 0.15) is 24.3 Å². The molecule has 1 aromatic carbocycles. The normalized spacial score (nSPS) is 12.1. The third kappa shape index (κ3) is 2.96. The lowest BCUT2D eigenvalue weighted by atomic mass is 10.0. The van der Waals surface area contributed by atoms with Crippen molar-refractivity contribution in [1.29, 1.82) is 0 Å². The van der Waals surface area contributed by atoms with Gasteiger partial charge in [-0.1, -0.05) is 18.2 Å². The molecule has 0 saturated heterocycles. The smallest absolute Gasteiger partial charge is 0.267 e. The number of aromatic nitrogens is 1. The molecule has 0 fully saturated rings. The van der Waals surface area contributed by atoms with Gasteiger partial charge in [-0.3, -0.25) is 4.79 Å². The molecule has 0 radical (unpaired) electrons. The molecule has 1 heterocycles. The number of fused-ring (bicyclic) bond motifs is 1. The van der Waals surface area contributed by atoms with E-state index in [4.69, 9.17) is 0 Å². The fourth-order valence-electron chi connectivity index (χ4n) is 1.75. The lowest BCUT2D eigenvalue weighted by Gasteiger charge is -2.32. The van der Waals surface area contributed by atoms with Crippen molar-refractivity contribution in [2.45, 2.75) is 19.4 Å². The van der Waals surface area contributed by atoms with E-state index < -0.39 is 0 Å². The minimum Gasteiger partial charge on any atom is -0.351 e. The van der Waals surface area contributed by atoms with Crippen molar-refractivity contribution in [3.05, 3.63) is 36.0 Å². The molecular formula is C15H21N3O. The van der Waals surface area contributed by atoms with E-state index in [1.807, 2.05) is 44.4 Å². The van der Waals surface area contributed by atoms with E-state index in [1.54, 1.807) is 0 Å². The Morgan fingerprint density at radius 2 is 2.00 bits per heavy atom. The van der Waals surface area contributed by atoms with Crippen LogP contribution in [0.2, 0.25) is 0 Å². The Kier molecular flexibility index (Phi) is 3.62. The number of hydrogen-bond acceptors (Lipinski definition) is 2. The number of carbonyl (C=O) groups is 1. The second-order valence-corrected chi connectivity index (χ2v) is 5.66. The molecule has 0 atom stereocenters. The van der Waals surface area contributed by atoms with Crippen molar-refractivity contribution in [3.8, 4) is 0 Å². The van der Waals surface area contributed by atoms with Gasteiger partial charge in [0.25, 0.3) is 5.91 Å². The lowest BCUT2D eigenvalue weighted by molar-refractivity contribution is 0.0915. The molecule has 0 unspecified atom stereocenters. The summed E-state index contributed by atoms with van der Waals surface area (Å²) in [5.41, 5.74) is 1.53. The largest absolute Gasteiger partial charge is 0.351 e. The molecule has 0 aliphatic rings. The molecule has 0 aliphatic heterocycles. The summed E-state index contributed by atoms with van der Waals surface area (Å²) >= 11 is 0. The van der Waals surface area contributed by atoms with Gasteiger partial charge >= 0.3 is 0 Å². The number of benzene rings is 1. The van der Waals surface area contributed by atoms with Gasteiger partial charge in [0.1, 0.15) is 5.69 Å². The topological polar surface area (TPSA) is 48.1 Å². The quantitative estimate of drug-likeness (QED) is 0.884. The minimum absolute atomic E-state index is 0.0638. The van der Waals surface area contributed by atoms with E-state index in [2.05, 4.69) is 29.0 Å². The third-order valence-corrected chi connectivity index (χ3v) is 3.67. The van der Waals surface area contributed by atoms with Crippen LogP contribution in [0, 0.1) is 0 Å². The summed E-state index contributed by atoms with van der Waals surface area (Å²) in [5, 5.41) is 4.02. The molecule has 0 aliphatic carbocycles. The van der Waals surface area contributed by atoms with Crippen molar-refractivity contribution >= 4 is 16.8 Å². The highest BCUT2D eigenvalue weighted by molar-refractivity contribution is 5.97. The van der Waals surface area contributed by atoms with Crippen LogP contribution < -0.4 is 5.32 Å². The Bertz CT molecular complexity index is 551. The fourth-order valence-corrected chi connectivity index (χ4v) is 1.75. The zero-order valence-corrected chi connectivity index (χ0v) is 11.9. The van der Waals surface area contributed by atoms with Crippen LogP contribution in [-0.4, -0.2) is 42.0 Å². The number of rotatable bonds is 4. The van der Waals surface area contributed by atoms with Crippen LogP contribution in [0.15, 0.2) is 30.3 Å². The van der Waals surface area contributed by atoms with Crippen molar-refractivity contribution in [3.63, 3.8) is 0 Å². The standard InChI is InChI=1S/C15H21N3O/c1-15(2,18(3)4)10-16-14(19)13-9-11-7-5-6-8-12(11)17-13/h5-9,17H,10H2,1-4H3,(H,16,19). The Labute approximate surface area is 113 Å². The van der Waals surface area contributed by atoms with E-state index in [1.165, 1.54) is 0 Å². The SMILES string of the molecule is CN(C)C(C)(C)CNC(=O)c1cc2ccccc2[nH]1. The minimum atomic E-state index is -0.0678. The number of hydrogen-bond donors (Lipinski definition) is 2. The van der Waals surface area contributed by atoms with Gasteiger partial charge in [0, 0.05) is 23.0 Å². The highest BCUT2D eigenvalue weighted by Crippen LogP contribution is 2.15. The number of nitrogens with zero attached hydrogens (tertiary/aromatic N) is 1. The molecule has 19 heavy (non-hydrogen) atoms. The van der Waals surface area contributed by atoms with Crippen LogP contribution in [0.4, 0.5) is 0 Å². The average molecular weight is 259 g/mol. The lowest BCUT2D eigenvalue weighted by Crippen LogP contribution is -2.48. The van der Waals surface area contributed by atoms with E-state index in [-0.39, 0.29) is 11.4 Å². The predicted octanol–water partition coefficient (Wildman–Crippen LogP) is 2.24. The third-order valence-electron chi connectivity index (χ3n) is 3.67. The summed E-state index contributed by atoms with van der Waals surface area (Å²) in [4.78, 5) is 17.4. The van der Waals surface area contributed by atoms with Gasteiger partial charge in [0.15, 0.2) is 0 Å². The van der Waals surface area contributed by atoms with Crippen LogP contribution in [0.5, 0.6) is 0 Å². The zero-order chi connectivity index (χ0) is 14.0. The Morgan fingerprint density at radius 3 is 2.63 bits per heavy atom. The van der Waals surface area contributed by atoms with Gasteiger partial charge in [-0.2, -0.15) is 0 Å². The summed E-state index contributed by atoms with van der Waals surface area (Å²) in [5.74, 6) is -0.0638. The molecule has 1 amide bonds. The van der Waals surface area contributed by atoms with E-state index in [9.17, 15) is 4.79 Å². The summed E-state index contributed by atoms with van der Waals surface area (Å²) < 4.78 is 0. The molecule has 102 valence electrons. The van der Waals surface area contributed by atoms with Gasteiger partial charge < -0.3 is 15.2 Å². The maximum Gasteiger partial charge on any atom is 0.267 e. The van der Waals surface area contributed by atoms with E-state index in [0.29, 0.717) is 12.2 Å². The van der Waals surface area contributed by atoms with Crippen LogP contribution in [0.25, 0.3) is 10.9 Å². The summed E-state index contributed by atoms with van der Waals surface area (Å²) in [6.45, 7) is 4.80. The number of para-hydroxylation sites is 1. The number of amides is 1. The number of likely N-dealkylation sites (N-methyl/N-ethyl adjacent to an activating group) is 1. The van der Waals surface area contributed by atoms with Crippen molar-refractivity contribution in [1.82, 2.24) is 15.2 Å². The second kappa shape index (κ2) is 5.05. The Morgan fingerprint density at radius 1 is 1.32 bits per heavy atom. The highest BCUT2D eigenvalue weighted by atomic mass is 16.1. The van der Waals surface area contributed by atoms with Crippen molar-refractivity contribution < 1.29 is 4.79 Å². The van der Waals surface area contributed by atoms with Crippen molar-refractivity contribution in [2.75, 3.05) is 20.6 Å². The maximum absolute atomic E-state index is 12.1. The monoisotopic (exact) mass is 259 g/mol. The molecule has 4 nitrogen and oxygen atoms in total. The number of carbonyl (C=O) groups excluding carboxylic acids is 1. The number of H-pyrrole nitrogens is 1. The molecule has 0 saturated carbocycles. The van der Waals surface area contributed by atoms with Gasteiger partial charge in [0.2, 0.25) is 0 Å². The Hall–Kier alpha value is -1.81. The average Bonchev–Trinajstić information content (AvgIpc) is 2.79. The first-order valence-corrected chi connectivity index (χ1v) is 6.43. The van der Waals surface area contributed by atoms with Crippen LogP contribution >= 0.6 is 0 Å². The van der Waals surface area contributed by atoms with E-state index >= 15 is 0 Å². The molecule has 2 aromatic rings. The number of aromatic amines is 1. The van der Waals surface area contributed by atoms with Crippen LogP contribution in [0.3, 0.4) is 0 Å². The second-order valence-electron chi connectivity index (χ2n) is 5.66. The first-order chi connectivity index (χ1) is 8.90. The van der Waals surface area contributed by atoms with Crippen LogP contribution in [-0.2, 0) is 0 Å². The maximum atomic E-state index is 12.1. The Balaban J connectivity index is 2.08. The summed E-state index contributed by atoms with van der Waals surface area (Å²) in [6.07, 6.45) is 0. The first-order valence-electron chi connectivity index (χ1n) is 6.43. The summed E-state index contributed by atoms with van der Waals surface area (Å²) in [7, 11) is 4.02. The molecule has 0 spiro atoms. The molecule has 0 bridgehead atoms. The van der Waals surface area contributed by atoms with Gasteiger partial charge in [-0.05, 0) is 40.1 Å². The highest BCUT2D eigenvalue weighted by Gasteiger charge is 2.21. The summed E-state index contributed by atoms with van der Waals surface area (Å²) in [6, 6.07) is 9.76. The zero-order valence-electron chi connectivity index (χ0n) is 11.9.